The van der Waals surface area contributed by atoms with E-state index in [9.17, 15) is 10.5 Å². The molecule has 0 amide bonds. The highest BCUT2D eigenvalue weighted by Crippen LogP contribution is 2.43. The third-order valence-corrected chi connectivity index (χ3v) is 6.93. The second kappa shape index (κ2) is 9.38. The van der Waals surface area contributed by atoms with Crippen molar-refractivity contribution >= 4 is 33.2 Å². The number of aromatic nitrogens is 1. The van der Waals surface area contributed by atoms with Crippen molar-refractivity contribution in [2.75, 3.05) is 0 Å². The molecule has 0 atom stereocenters. The molecule has 6 aromatic rings. The number of benzene rings is 5. The maximum atomic E-state index is 10.0. The van der Waals surface area contributed by atoms with Gasteiger partial charge in [-0.05, 0) is 35.4 Å². The Balaban J connectivity index is 1.85. The molecule has 5 aromatic carbocycles. The Morgan fingerprint density at radius 1 is 0.538 bits per heavy atom. The second-order valence-electron chi connectivity index (χ2n) is 8.98. The molecule has 0 unspecified atom stereocenters. The molecule has 5 heteroatoms. The Morgan fingerprint density at radius 3 is 1.44 bits per heavy atom. The van der Waals surface area contributed by atoms with Crippen LogP contribution in [0.2, 0.25) is 0 Å². The van der Waals surface area contributed by atoms with E-state index < -0.39 is 0 Å². The lowest BCUT2D eigenvalue weighted by Crippen LogP contribution is -2.02. The van der Waals surface area contributed by atoms with Crippen molar-refractivity contribution in [2.45, 2.75) is 0 Å². The lowest BCUT2D eigenvalue weighted by Gasteiger charge is -2.20. The van der Waals surface area contributed by atoms with E-state index in [1.807, 2.05) is 42.5 Å². The van der Waals surface area contributed by atoms with Gasteiger partial charge < -0.3 is 4.57 Å². The summed E-state index contributed by atoms with van der Waals surface area (Å²) in [6.45, 7) is 15.2. The third kappa shape index (κ3) is 3.68. The molecule has 1 heterocycles. The Morgan fingerprint density at radius 2 is 1.00 bits per heavy atom. The zero-order valence-electron chi connectivity index (χ0n) is 20.6. The van der Waals surface area contributed by atoms with Crippen molar-refractivity contribution in [3.63, 3.8) is 0 Å². The number of rotatable bonds is 3. The number of hydrogen-bond donors (Lipinski definition) is 0. The monoisotopic (exact) mass is 495 g/mol. The zero-order chi connectivity index (χ0) is 26.9. The van der Waals surface area contributed by atoms with Gasteiger partial charge in [0, 0.05) is 21.9 Å². The van der Waals surface area contributed by atoms with Gasteiger partial charge in [-0.15, -0.1) is 0 Å². The number of nitrogens with zero attached hydrogens (tertiary/aromatic N) is 5. The third-order valence-electron chi connectivity index (χ3n) is 6.93. The number of para-hydroxylation sites is 3. The number of nitriles is 2. The lowest BCUT2D eigenvalue weighted by atomic mass is 9.91. The molecule has 5 nitrogen and oxygen atoms in total. The van der Waals surface area contributed by atoms with Crippen LogP contribution in [0.3, 0.4) is 0 Å². The predicted molar refractivity (Wildman–Crippen MR) is 154 cm³/mol. The van der Waals surface area contributed by atoms with Gasteiger partial charge in [0.25, 0.3) is 0 Å². The van der Waals surface area contributed by atoms with Crippen LogP contribution in [0.25, 0.3) is 59.4 Å². The van der Waals surface area contributed by atoms with Crippen molar-refractivity contribution < 1.29 is 0 Å². The Labute approximate surface area is 225 Å². The Bertz CT molecular complexity index is 1970. The van der Waals surface area contributed by atoms with Gasteiger partial charge in [-0.25, -0.2) is 9.69 Å². The molecule has 1 aromatic heterocycles. The SMILES string of the molecule is [C-]#[N+]c1ccc(C#N)c(-c2cccc(-c3cc([N+]#[C-])ccc3C#N)c2-n2c3ccccc3c3ccccc32)c1. The Hall–Kier alpha value is -6.14. The summed E-state index contributed by atoms with van der Waals surface area (Å²) in [5.41, 5.74) is 7.19. The highest BCUT2D eigenvalue weighted by molar-refractivity contribution is 6.10. The zero-order valence-corrected chi connectivity index (χ0v) is 20.6. The molecule has 0 aliphatic carbocycles. The van der Waals surface area contributed by atoms with Crippen LogP contribution in [-0.2, 0) is 0 Å². The molecule has 0 saturated heterocycles. The maximum Gasteiger partial charge on any atom is 0.187 e. The molecule has 0 saturated carbocycles. The second-order valence-corrected chi connectivity index (χ2v) is 8.98. The topological polar surface area (TPSA) is 61.2 Å². The molecular formula is C34H17N5. The van der Waals surface area contributed by atoms with Gasteiger partial charge in [0.2, 0.25) is 0 Å². The highest BCUT2D eigenvalue weighted by atomic mass is 15.0. The molecule has 178 valence electrons. The Kier molecular flexibility index (Phi) is 5.60. The molecule has 6 rings (SSSR count). The average Bonchev–Trinajstić information content (AvgIpc) is 3.34. The van der Waals surface area contributed by atoms with Gasteiger partial charge in [-0.3, -0.25) is 0 Å². The van der Waals surface area contributed by atoms with Gasteiger partial charge in [0.05, 0.1) is 53.1 Å². The van der Waals surface area contributed by atoms with Crippen LogP contribution in [0.5, 0.6) is 0 Å². The van der Waals surface area contributed by atoms with Crippen molar-refractivity contribution in [3.05, 3.63) is 137 Å². The van der Waals surface area contributed by atoms with E-state index in [1.165, 1.54) is 0 Å². The lowest BCUT2D eigenvalue weighted by molar-refractivity contribution is 1.18. The van der Waals surface area contributed by atoms with E-state index in [4.69, 9.17) is 13.1 Å². The summed E-state index contributed by atoms with van der Waals surface area (Å²) < 4.78 is 2.16. The van der Waals surface area contributed by atoms with Gasteiger partial charge in [0.1, 0.15) is 0 Å². The fourth-order valence-corrected chi connectivity index (χ4v) is 5.23. The standard InChI is InChI=1S/C34H17N5/c1-37-24-16-14-22(20-35)30(18-24)28-10-7-11-29(31-19-25(38-2)17-15-23(31)21-36)34(28)39-32-12-5-3-8-26(32)27-9-4-6-13-33(27)39/h3-19H. The molecule has 0 N–H and O–H groups in total. The van der Waals surface area contributed by atoms with Crippen LogP contribution in [0, 0.1) is 35.8 Å². The minimum Gasteiger partial charge on any atom is -0.308 e. The predicted octanol–water partition coefficient (Wildman–Crippen LogP) is 8.96. The minimum absolute atomic E-state index is 0.426. The van der Waals surface area contributed by atoms with Crippen LogP contribution in [0.1, 0.15) is 11.1 Å². The summed E-state index contributed by atoms with van der Waals surface area (Å²) in [6, 6.07) is 36.7. The molecular weight excluding hydrogens is 478 g/mol. The fraction of sp³-hybridized carbons (Fsp3) is 0. The van der Waals surface area contributed by atoms with Crippen molar-refractivity contribution in [3.8, 4) is 40.1 Å². The van der Waals surface area contributed by atoms with E-state index in [1.54, 1.807) is 36.4 Å². The summed E-state index contributed by atoms with van der Waals surface area (Å²) in [5.74, 6) is 0. The van der Waals surface area contributed by atoms with Gasteiger partial charge in [0.15, 0.2) is 11.4 Å². The molecule has 0 spiro atoms. The molecule has 39 heavy (non-hydrogen) atoms. The molecule has 0 fully saturated rings. The summed E-state index contributed by atoms with van der Waals surface area (Å²) in [4.78, 5) is 7.23. The molecule has 0 bridgehead atoms. The normalized spacial score (nSPS) is 10.5. The first-order valence-electron chi connectivity index (χ1n) is 12.1. The minimum atomic E-state index is 0.426. The summed E-state index contributed by atoms with van der Waals surface area (Å²) in [7, 11) is 0. The molecule has 0 aliphatic rings. The van der Waals surface area contributed by atoms with E-state index in [0.29, 0.717) is 33.6 Å². The largest absolute Gasteiger partial charge is 0.308 e. The van der Waals surface area contributed by atoms with Gasteiger partial charge in [-0.2, -0.15) is 10.5 Å². The first-order valence-corrected chi connectivity index (χ1v) is 12.1. The van der Waals surface area contributed by atoms with E-state index in [-0.39, 0.29) is 0 Å². The van der Waals surface area contributed by atoms with Crippen LogP contribution < -0.4 is 0 Å². The summed E-state index contributed by atoms with van der Waals surface area (Å²) in [5, 5.41) is 22.2. The van der Waals surface area contributed by atoms with Gasteiger partial charge in [-0.1, -0.05) is 78.9 Å². The van der Waals surface area contributed by atoms with E-state index >= 15 is 0 Å². The van der Waals surface area contributed by atoms with Crippen molar-refractivity contribution in [1.29, 1.82) is 10.5 Å². The van der Waals surface area contributed by atoms with Gasteiger partial charge >= 0.3 is 0 Å². The molecule has 0 radical (unpaired) electrons. The van der Waals surface area contributed by atoms with E-state index in [0.717, 1.165) is 38.6 Å². The summed E-state index contributed by atoms with van der Waals surface area (Å²) >= 11 is 0. The van der Waals surface area contributed by atoms with Crippen LogP contribution >= 0.6 is 0 Å². The average molecular weight is 496 g/mol. The molecule has 0 aliphatic heterocycles. The first kappa shape index (κ1) is 23.3. The highest BCUT2D eigenvalue weighted by Gasteiger charge is 2.22. The van der Waals surface area contributed by atoms with Crippen LogP contribution in [0.4, 0.5) is 11.4 Å². The number of hydrogen-bond acceptors (Lipinski definition) is 2. The van der Waals surface area contributed by atoms with Crippen LogP contribution in [0.15, 0.2) is 103 Å². The first-order chi connectivity index (χ1) is 19.2. The maximum absolute atomic E-state index is 10.0. The van der Waals surface area contributed by atoms with E-state index in [2.05, 4.69) is 50.7 Å². The van der Waals surface area contributed by atoms with Crippen molar-refractivity contribution in [1.82, 2.24) is 4.57 Å². The number of fused-ring (bicyclic) bond motifs is 3. The fourth-order valence-electron chi connectivity index (χ4n) is 5.23. The van der Waals surface area contributed by atoms with Crippen molar-refractivity contribution in [2.24, 2.45) is 0 Å². The smallest absolute Gasteiger partial charge is 0.187 e. The quantitative estimate of drug-likeness (QED) is 0.230. The summed E-state index contributed by atoms with van der Waals surface area (Å²) in [6.07, 6.45) is 0. The van der Waals surface area contributed by atoms with Crippen LogP contribution in [-0.4, -0.2) is 4.57 Å².